The maximum Gasteiger partial charge on any atom is 0.121 e. The summed E-state index contributed by atoms with van der Waals surface area (Å²) in [7, 11) is 3.86. The Morgan fingerprint density at radius 1 is 1.47 bits per heavy atom. The van der Waals surface area contributed by atoms with Gasteiger partial charge in [0.25, 0.3) is 0 Å². The third-order valence-electron chi connectivity index (χ3n) is 3.08. The molecule has 1 unspecified atom stereocenters. The standard InChI is InChI=1S/C13H22N2/c1-8-12(4,5)13(10-14,15(6)7)9-11(2)3/h8H,1-2,9H2,3-7H3. The molecule has 2 heteroatoms. The van der Waals surface area contributed by atoms with Gasteiger partial charge >= 0.3 is 0 Å². The Kier molecular flexibility index (Phi) is 4.30. The van der Waals surface area contributed by atoms with Crippen LogP contribution in [0.1, 0.15) is 27.2 Å². The van der Waals surface area contributed by atoms with Crippen molar-refractivity contribution in [2.45, 2.75) is 32.7 Å². The summed E-state index contributed by atoms with van der Waals surface area (Å²) in [5.74, 6) is 0. The summed E-state index contributed by atoms with van der Waals surface area (Å²) in [4.78, 5) is 1.96. The van der Waals surface area contributed by atoms with Crippen LogP contribution in [0.15, 0.2) is 24.8 Å². The highest BCUT2D eigenvalue weighted by Gasteiger charge is 2.45. The highest BCUT2D eigenvalue weighted by atomic mass is 15.2. The highest BCUT2D eigenvalue weighted by Crippen LogP contribution is 2.39. The minimum absolute atomic E-state index is 0.274. The van der Waals surface area contributed by atoms with Crippen molar-refractivity contribution < 1.29 is 0 Å². The third-order valence-corrected chi connectivity index (χ3v) is 3.08. The topological polar surface area (TPSA) is 27.0 Å². The number of nitriles is 1. The summed E-state index contributed by atoms with van der Waals surface area (Å²) < 4.78 is 0. The fraction of sp³-hybridized carbons (Fsp3) is 0.615. The van der Waals surface area contributed by atoms with Crippen molar-refractivity contribution in [3.8, 4) is 6.07 Å². The first kappa shape index (κ1) is 13.9. The lowest BCUT2D eigenvalue weighted by Crippen LogP contribution is -2.53. The molecule has 2 nitrogen and oxygen atoms in total. The number of nitrogens with zero attached hydrogens (tertiary/aromatic N) is 2. The Hall–Kier alpha value is -1.07. The Bertz CT molecular complexity index is 294. The Balaban J connectivity index is 5.46. The normalized spacial score (nSPS) is 15.5. The van der Waals surface area contributed by atoms with Crippen molar-refractivity contribution in [3.63, 3.8) is 0 Å². The van der Waals surface area contributed by atoms with Crippen molar-refractivity contribution in [2.75, 3.05) is 14.1 Å². The Morgan fingerprint density at radius 2 is 1.93 bits per heavy atom. The lowest BCUT2D eigenvalue weighted by molar-refractivity contribution is 0.105. The van der Waals surface area contributed by atoms with Crippen molar-refractivity contribution >= 4 is 0 Å². The van der Waals surface area contributed by atoms with E-state index in [1.165, 1.54) is 0 Å². The largest absolute Gasteiger partial charge is 0.291 e. The van der Waals surface area contributed by atoms with Gasteiger partial charge in [-0.25, -0.2) is 0 Å². The Labute approximate surface area is 93.9 Å². The molecule has 0 aliphatic rings. The van der Waals surface area contributed by atoms with E-state index in [1.54, 1.807) is 0 Å². The molecule has 0 aliphatic carbocycles. The van der Waals surface area contributed by atoms with E-state index in [1.807, 2.05) is 45.8 Å². The van der Waals surface area contributed by atoms with Gasteiger partial charge in [0.1, 0.15) is 5.54 Å². The lowest BCUT2D eigenvalue weighted by atomic mass is 9.69. The van der Waals surface area contributed by atoms with Crippen LogP contribution in [0.25, 0.3) is 0 Å². The number of hydrogen-bond donors (Lipinski definition) is 0. The van der Waals surface area contributed by atoms with E-state index in [-0.39, 0.29) is 5.41 Å². The van der Waals surface area contributed by atoms with Crippen molar-refractivity contribution in [2.24, 2.45) is 5.41 Å². The van der Waals surface area contributed by atoms with Crippen LogP contribution >= 0.6 is 0 Å². The monoisotopic (exact) mass is 206 g/mol. The van der Waals surface area contributed by atoms with Gasteiger partial charge in [-0.1, -0.05) is 25.5 Å². The van der Waals surface area contributed by atoms with Crippen LogP contribution in [0.2, 0.25) is 0 Å². The summed E-state index contributed by atoms with van der Waals surface area (Å²) in [6.07, 6.45) is 2.51. The van der Waals surface area contributed by atoms with E-state index in [4.69, 9.17) is 0 Å². The van der Waals surface area contributed by atoms with Crippen LogP contribution in [-0.2, 0) is 0 Å². The van der Waals surface area contributed by atoms with Gasteiger partial charge in [-0.15, -0.1) is 13.2 Å². The number of rotatable bonds is 5. The van der Waals surface area contributed by atoms with Crippen LogP contribution in [0, 0.1) is 16.7 Å². The van der Waals surface area contributed by atoms with E-state index in [0.29, 0.717) is 6.42 Å². The van der Waals surface area contributed by atoms with Gasteiger partial charge in [0.05, 0.1) is 6.07 Å². The van der Waals surface area contributed by atoms with E-state index < -0.39 is 5.54 Å². The first-order valence-electron chi connectivity index (χ1n) is 5.10. The molecule has 0 rings (SSSR count). The molecule has 84 valence electrons. The first-order chi connectivity index (χ1) is 6.73. The van der Waals surface area contributed by atoms with Gasteiger partial charge in [-0.2, -0.15) is 5.26 Å². The molecule has 0 amide bonds. The smallest absolute Gasteiger partial charge is 0.121 e. The van der Waals surface area contributed by atoms with Crippen LogP contribution < -0.4 is 0 Å². The molecular weight excluding hydrogens is 184 g/mol. The number of hydrogen-bond acceptors (Lipinski definition) is 2. The zero-order valence-electron chi connectivity index (χ0n) is 10.6. The maximum absolute atomic E-state index is 9.48. The van der Waals surface area contributed by atoms with E-state index in [0.717, 1.165) is 5.57 Å². The molecule has 0 aromatic carbocycles. The van der Waals surface area contributed by atoms with Gasteiger partial charge in [0, 0.05) is 11.8 Å². The zero-order chi connectivity index (χ0) is 12.3. The minimum Gasteiger partial charge on any atom is -0.291 e. The summed E-state index contributed by atoms with van der Waals surface area (Å²) in [6, 6.07) is 2.43. The second-order valence-corrected chi connectivity index (χ2v) is 4.93. The second-order valence-electron chi connectivity index (χ2n) is 4.93. The predicted octanol–water partition coefficient (Wildman–Crippen LogP) is 2.99. The third kappa shape index (κ3) is 2.49. The maximum atomic E-state index is 9.48. The summed E-state index contributed by atoms with van der Waals surface area (Å²) in [5, 5.41) is 9.48. The van der Waals surface area contributed by atoms with Crippen LogP contribution in [-0.4, -0.2) is 24.5 Å². The van der Waals surface area contributed by atoms with Gasteiger partial charge in [-0.3, -0.25) is 4.90 Å². The van der Waals surface area contributed by atoms with Crippen molar-refractivity contribution in [1.29, 1.82) is 5.26 Å². The molecule has 0 N–H and O–H groups in total. The van der Waals surface area contributed by atoms with Crippen molar-refractivity contribution in [1.82, 2.24) is 4.90 Å². The fourth-order valence-corrected chi connectivity index (χ4v) is 1.85. The van der Waals surface area contributed by atoms with Gasteiger partial charge in [-0.05, 0) is 21.0 Å². The predicted molar refractivity (Wildman–Crippen MR) is 65.4 cm³/mol. The fourth-order valence-electron chi connectivity index (χ4n) is 1.85. The van der Waals surface area contributed by atoms with E-state index in [2.05, 4.69) is 19.2 Å². The van der Waals surface area contributed by atoms with Crippen molar-refractivity contribution in [3.05, 3.63) is 24.8 Å². The summed E-state index contributed by atoms with van der Waals surface area (Å²) >= 11 is 0. The Morgan fingerprint density at radius 3 is 2.13 bits per heavy atom. The molecule has 15 heavy (non-hydrogen) atoms. The van der Waals surface area contributed by atoms with Gasteiger partial charge < -0.3 is 0 Å². The molecule has 0 spiro atoms. The lowest BCUT2D eigenvalue weighted by Gasteiger charge is -2.44. The van der Waals surface area contributed by atoms with E-state index >= 15 is 0 Å². The molecule has 0 radical (unpaired) electrons. The van der Waals surface area contributed by atoms with Crippen LogP contribution in [0.3, 0.4) is 0 Å². The molecule has 1 atom stereocenters. The molecule has 0 saturated heterocycles. The first-order valence-corrected chi connectivity index (χ1v) is 5.10. The van der Waals surface area contributed by atoms with E-state index in [9.17, 15) is 5.26 Å². The SMILES string of the molecule is C=CC(C)(C)C(C#N)(CC(=C)C)N(C)C. The minimum atomic E-state index is -0.569. The molecule has 0 fully saturated rings. The highest BCUT2D eigenvalue weighted by molar-refractivity contribution is 5.23. The molecule has 0 bridgehead atoms. The molecule has 0 saturated carbocycles. The van der Waals surface area contributed by atoms with Crippen LogP contribution in [0.5, 0.6) is 0 Å². The zero-order valence-corrected chi connectivity index (χ0v) is 10.6. The summed E-state index contributed by atoms with van der Waals surface area (Å²) in [5.41, 5.74) is 0.172. The molecular formula is C13H22N2. The quantitative estimate of drug-likeness (QED) is 0.647. The van der Waals surface area contributed by atoms with Gasteiger partial charge in [0.2, 0.25) is 0 Å². The van der Waals surface area contributed by atoms with Gasteiger partial charge in [0.15, 0.2) is 0 Å². The second kappa shape index (κ2) is 4.63. The van der Waals surface area contributed by atoms with Crippen LogP contribution in [0.4, 0.5) is 0 Å². The average Bonchev–Trinajstić information content (AvgIpc) is 2.12. The molecule has 0 heterocycles. The average molecular weight is 206 g/mol. The summed E-state index contributed by atoms with van der Waals surface area (Å²) in [6.45, 7) is 13.8. The molecule has 0 aromatic rings. The molecule has 0 aromatic heterocycles. The molecule has 0 aliphatic heterocycles.